The average molecular weight is 390 g/mol. The first-order chi connectivity index (χ1) is 13.0. The van der Waals surface area contributed by atoms with Gasteiger partial charge in [0.1, 0.15) is 11.8 Å². The molecule has 8 heteroatoms. The molecule has 1 atom stereocenters. The molecule has 1 aromatic rings. The van der Waals surface area contributed by atoms with Crippen LogP contribution in [0.4, 0.5) is 0 Å². The first-order valence-electron chi connectivity index (χ1n) is 9.34. The molecular weight excluding hydrogens is 370 g/mol. The molecule has 0 saturated carbocycles. The Hall–Kier alpha value is -2.12. The second-order valence-electron chi connectivity index (χ2n) is 7.81. The van der Waals surface area contributed by atoms with Crippen LogP contribution in [0.15, 0.2) is 6.07 Å². The Kier molecular flexibility index (Phi) is 3.74. The summed E-state index contributed by atoms with van der Waals surface area (Å²) in [5.74, 6) is -0.201. The quantitative estimate of drug-likeness (QED) is 0.703. The number of piperidine rings is 2. The zero-order valence-corrected chi connectivity index (χ0v) is 15.5. The molecular formula is C19H20ClN3O4. The van der Waals surface area contributed by atoms with E-state index < -0.39 is 11.9 Å². The van der Waals surface area contributed by atoms with Crippen molar-refractivity contribution in [1.29, 1.82) is 0 Å². The molecule has 3 amide bonds. The van der Waals surface area contributed by atoms with Crippen LogP contribution in [-0.2, 0) is 21.5 Å². The molecule has 142 valence electrons. The van der Waals surface area contributed by atoms with E-state index in [1.165, 1.54) is 0 Å². The van der Waals surface area contributed by atoms with Crippen molar-refractivity contribution < 1.29 is 19.1 Å². The first kappa shape index (κ1) is 17.0. The number of hydrogen-bond donors (Lipinski definition) is 2. The normalized spacial score (nSPS) is 26.0. The van der Waals surface area contributed by atoms with E-state index in [9.17, 15) is 14.4 Å². The Morgan fingerprint density at radius 2 is 2.00 bits per heavy atom. The number of carbonyl (C=O) groups excluding carboxylic acids is 3. The number of imide groups is 1. The smallest absolute Gasteiger partial charge is 0.255 e. The number of halogens is 1. The van der Waals surface area contributed by atoms with E-state index >= 15 is 0 Å². The maximum Gasteiger partial charge on any atom is 0.255 e. The molecule has 4 aliphatic rings. The third-order valence-corrected chi connectivity index (χ3v) is 6.62. The van der Waals surface area contributed by atoms with Gasteiger partial charge in [-0.2, -0.15) is 0 Å². The topological polar surface area (TPSA) is 87.7 Å². The minimum atomic E-state index is -0.633. The van der Waals surface area contributed by atoms with Gasteiger partial charge in [-0.1, -0.05) is 11.6 Å². The van der Waals surface area contributed by atoms with E-state index in [0.717, 1.165) is 42.8 Å². The highest BCUT2D eigenvalue weighted by Gasteiger charge is 2.48. The predicted octanol–water partition coefficient (Wildman–Crippen LogP) is 1.11. The highest BCUT2D eigenvalue weighted by atomic mass is 35.5. The van der Waals surface area contributed by atoms with Gasteiger partial charge >= 0.3 is 0 Å². The van der Waals surface area contributed by atoms with Crippen molar-refractivity contribution in [2.24, 2.45) is 0 Å². The van der Waals surface area contributed by atoms with E-state index in [4.69, 9.17) is 16.3 Å². The van der Waals surface area contributed by atoms with Crippen LogP contribution in [0.3, 0.4) is 0 Å². The summed E-state index contributed by atoms with van der Waals surface area (Å²) in [5.41, 5.74) is 2.24. The fourth-order valence-corrected chi connectivity index (χ4v) is 5.27. The number of rotatable bonds is 1. The van der Waals surface area contributed by atoms with Crippen LogP contribution in [0.1, 0.15) is 47.2 Å². The number of amides is 3. The second kappa shape index (κ2) is 5.94. The summed E-state index contributed by atoms with van der Waals surface area (Å²) in [4.78, 5) is 38.2. The summed E-state index contributed by atoms with van der Waals surface area (Å²) in [7, 11) is 0. The summed E-state index contributed by atoms with van der Waals surface area (Å²) in [6.07, 6.45) is 2.48. The van der Waals surface area contributed by atoms with Gasteiger partial charge < -0.3 is 15.0 Å². The van der Waals surface area contributed by atoms with Crippen molar-refractivity contribution >= 4 is 29.3 Å². The fraction of sp³-hybridized carbons (Fsp3) is 0.526. The van der Waals surface area contributed by atoms with Gasteiger partial charge in [0.05, 0.1) is 13.2 Å². The number of ether oxygens (including phenoxy) is 1. The number of benzene rings is 1. The van der Waals surface area contributed by atoms with Gasteiger partial charge in [-0.05, 0) is 38.4 Å². The third-order valence-electron chi connectivity index (χ3n) is 6.33. The van der Waals surface area contributed by atoms with Crippen LogP contribution in [0.2, 0.25) is 5.02 Å². The zero-order chi connectivity index (χ0) is 18.8. The molecule has 0 bridgehead atoms. The van der Waals surface area contributed by atoms with Crippen molar-refractivity contribution in [2.45, 2.75) is 43.7 Å². The average Bonchev–Trinajstić information content (AvgIpc) is 3.16. The molecule has 4 heterocycles. The van der Waals surface area contributed by atoms with Crippen LogP contribution in [0, 0.1) is 0 Å². The molecule has 2 fully saturated rings. The predicted molar refractivity (Wildman–Crippen MR) is 96.8 cm³/mol. The Morgan fingerprint density at radius 3 is 2.74 bits per heavy atom. The molecule has 2 N–H and O–H groups in total. The Morgan fingerprint density at radius 1 is 1.22 bits per heavy atom. The van der Waals surface area contributed by atoms with Gasteiger partial charge in [-0.25, -0.2) is 0 Å². The number of hydrogen-bond acceptors (Lipinski definition) is 5. The van der Waals surface area contributed by atoms with Gasteiger partial charge in [0.25, 0.3) is 5.91 Å². The van der Waals surface area contributed by atoms with E-state index in [1.807, 2.05) is 0 Å². The van der Waals surface area contributed by atoms with E-state index in [-0.39, 0.29) is 23.7 Å². The van der Waals surface area contributed by atoms with Crippen LogP contribution >= 0.6 is 11.6 Å². The van der Waals surface area contributed by atoms with Gasteiger partial charge in [-0.15, -0.1) is 0 Å². The SMILES string of the molecule is O=C1CC[C@H](N2Cc3c(cc(Cl)c4c3OCC43CCNCC3)C2=O)C(=O)N1. The van der Waals surface area contributed by atoms with Crippen molar-refractivity contribution in [3.8, 4) is 5.75 Å². The van der Waals surface area contributed by atoms with Crippen molar-refractivity contribution in [1.82, 2.24) is 15.5 Å². The number of carbonyl (C=O) groups is 3. The Bertz CT molecular complexity index is 878. The lowest BCUT2D eigenvalue weighted by molar-refractivity contribution is -0.136. The fourth-order valence-electron chi connectivity index (χ4n) is 4.88. The molecule has 0 aliphatic carbocycles. The first-order valence-corrected chi connectivity index (χ1v) is 9.72. The monoisotopic (exact) mass is 389 g/mol. The molecule has 1 spiro atoms. The lowest BCUT2D eigenvalue weighted by Crippen LogP contribution is -2.52. The Balaban J connectivity index is 1.53. The van der Waals surface area contributed by atoms with Crippen molar-refractivity contribution in [2.75, 3.05) is 19.7 Å². The van der Waals surface area contributed by atoms with Gasteiger partial charge in [0.15, 0.2) is 0 Å². The molecule has 0 aromatic heterocycles. The molecule has 27 heavy (non-hydrogen) atoms. The molecule has 1 aromatic carbocycles. The van der Waals surface area contributed by atoms with Gasteiger partial charge in [0.2, 0.25) is 11.8 Å². The highest BCUT2D eigenvalue weighted by Crippen LogP contribution is 2.52. The van der Waals surface area contributed by atoms with E-state index in [0.29, 0.717) is 30.2 Å². The molecule has 0 unspecified atom stereocenters. The molecule has 7 nitrogen and oxygen atoms in total. The maximum atomic E-state index is 13.0. The van der Waals surface area contributed by atoms with Crippen LogP contribution < -0.4 is 15.4 Å². The third kappa shape index (κ3) is 2.41. The number of nitrogens with zero attached hydrogens (tertiary/aromatic N) is 1. The molecule has 4 aliphatic heterocycles. The number of fused-ring (bicyclic) bond motifs is 4. The standard InChI is InChI=1S/C19H20ClN3O4/c20-12-7-10-11(16-15(12)19(9-27-16)3-5-21-6-4-19)8-23(18(10)26)13-1-2-14(24)22-17(13)25/h7,13,21H,1-6,8-9H2,(H,22,24,25)/t13-/m0/s1. The summed E-state index contributed by atoms with van der Waals surface area (Å²) in [5, 5.41) is 6.27. The second-order valence-corrected chi connectivity index (χ2v) is 8.21. The lowest BCUT2D eigenvalue weighted by atomic mass is 9.74. The molecule has 2 saturated heterocycles. The molecule has 0 radical (unpaired) electrons. The van der Waals surface area contributed by atoms with Gasteiger partial charge in [0, 0.05) is 33.5 Å². The zero-order valence-electron chi connectivity index (χ0n) is 14.8. The summed E-state index contributed by atoms with van der Waals surface area (Å²) >= 11 is 6.63. The minimum absolute atomic E-state index is 0.0994. The summed E-state index contributed by atoms with van der Waals surface area (Å²) in [6, 6.07) is 1.11. The van der Waals surface area contributed by atoms with Gasteiger partial charge in [-0.3, -0.25) is 19.7 Å². The van der Waals surface area contributed by atoms with Crippen LogP contribution in [0.25, 0.3) is 0 Å². The van der Waals surface area contributed by atoms with Crippen LogP contribution in [-0.4, -0.2) is 48.4 Å². The van der Waals surface area contributed by atoms with E-state index in [2.05, 4.69) is 10.6 Å². The molecule has 5 rings (SSSR count). The largest absolute Gasteiger partial charge is 0.492 e. The summed E-state index contributed by atoms with van der Waals surface area (Å²) < 4.78 is 6.10. The van der Waals surface area contributed by atoms with Crippen molar-refractivity contribution in [3.63, 3.8) is 0 Å². The van der Waals surface area contributed by atoms with Crippen LogP contribution in [0.5, 0.6) is 5.75 Å². The van der Waals surface area contributed by atoms with Crippen molar-refractivity contribution in [3.05, 3.63) is 27.8 Å². The maximum absolute atomic E-state index is 13.0. The Labute approximate surface area is 161 Å². The lowest BCUT2D eigenvalue weighted by Gasteiger charge is -2.33. The minimum Gasteiger partial charge on any atom is -0.492 e. The summed E-state index contributed by atoms with van der Waals surface area (Å²) in [6.45, 7) is 2.72. The van der Waals surface area contributed by atoms with E-state index in [1.54, 1.807) is 11.0 Å². The highest BCUT2D eigenvalue weighted by molar-refractivity contribution is 6.32. The number of nitrogens with one attached hydrogen (secondary N) is 2.